The molecule has 1 atom stereocenters. The second kappa shape index (κ2) is 4.66. The van der Waals surface area contributed by atoms with E-state index in [1.165, 1.54) is 0 Å². The topological polar surface area (TPSA) is 38.3 Å². The van der Waals surface area contributed by atoms with Crippen molar-refractivity contribution in [3.63, 3.8) is 0 Å². The van der Waals surface area contributed by atoms with Gasteiger partial charge in [-0.1, -0.05) is 60.7 Å². The maximum atomic E-state index is 11.9. The van der Waals surface area contributed by atoms with Gasteiger partial charge < -0.3 is 4.76 Å². The molecule has 1 amide bonds. The zero-order valence-electron chi connectivity index (χ0n) is 9.74. The molecule has 4 heteroatoms. The van der Waals surface area contributed by atoms with Gasteiger partial charge in [0.05, 0.1) is 5.82 Å². The smallest absolute Gasteiger partial charge is 0.330 e. The van der Waals surface area contributed by atoms with Crippen molar-refractivity contribution in [2.24, 2.45) is 0 Å². The van der Waals surface area contributed by atoms with Crippen LogP contribution >= 0.6 is 0 Å². The van der Waals surface area contributed by atoms with Crippen LogP contribution in [0.15, 0.2) is 60.7 Å². The number of rotatable bonds is 2. The van der Waals surface area contributed by atoms with Gasteiger partial charge in [-0.3, -0.25) is 10.3 Å². The molecule has 1 N–H and O–H groups in total. The lowest BCUT2D eigenvalue weighted by atomic mass is 9.50. The summed E-state index contributed by atoms with van der Waals surface area (Å²) in [7, 11) is 0. The van der Waals surface area contributed by atoms with E-state index in [0.29, 0.717) is 0 Å². The van der Waals surface area contributed by atoms with Gasteiger partial charge in [0.25, 0.3) is 0 Å². The molecule has 88 valence electrons. The Morgan fingerprint density at radius 1 is 0.944 bits per heavy atom. The van der Waals surface area contributed by atoms with Crippen molar-refractivity contribution in [1.82, 2.24) is 5.48 Å². The molecule has 0 bridgehead atoms. The Balaban J connectivity index is 1.98. The first-order chi connectivity index (χ1) is 8.86. The molecule has 0 aliphatic carbocycles. The summed E-state index contributed by atoms with van der Waals surface area (Å²) in [5, 5.41) is 0. The van der Waals surface area contributed by atoms with E-state index in [2.05, 4.69) is 5.48 Å². The zero-order chi connectivity index (χ0) is 12.4. The Labute approximate surface area is 106 Å². The van der Waals surface area contributed by atoms with Crippen molar-refractivity contribution in [1.29, 1.82) is 0 Å². The zero-order valence-corrected chi connectivity index (χ0v) is 9.74. The van der Waals surface area contributed by atoms with E-state index in [1.54, 1.807) is 0 Å². The Morgan fingerprint density at radius 3 is 2.22 bits per heavy atom. The van der Waals surface area contributed by atoms with E-state index in [-0.39, 0.29) is 18.6 Å². The number of nitrogens with one attached hydrogen (secondary N) is 1. The largest absolute Gasteiger partial charge is 0.379 e. The fourth-order valence-electron chi connectivity index (χ4n) is 2.28. The molecule has 3 rings (SSSR count). The first kappa shape index (κ1) is 11.0. The molecule has 0 radical (unpaired) electrons. The van der Waals surface area contributed by atoms with Crippen LogP contribution in [0.3, 0.4) is 0 Å². The SMILES string of the molecule is O=C1NOB(c2ccccc2)C1c1ccccc1. The molecule has 1 aliphatic rings. The summed E-state index contributed by atoms with van der Waals surface area (Å²) in [6, 6.07) is 19.5. The van der Waals surface area contributed by atoms with Gasteiger partial charge in [-0.15, -0.1) is 0 Å². The van der Waals surface area contributed by atoms with Crippen LogP contribution in [0.2, 0.25) is 0 Å². The van der Waals surface area contributed by atoms with Gasteiger partial charge in [0.15, 0.2) is 0 Å². The lowest BCUT2D eigenvalue weighted by molar-refractivity contribution is -0.124. The van der Waals surface area contributed by atoms with E-state index in [0.717, 1.165) is 11.0 Å². The quantitative estimate of drug-likeness (QED) is 0.798. The highest BCUT2D eigenvalue weighted by Crippen LogP contribution is 2.23. The van der Waals surface area contributed by atoms with Crippen molar-refractivity contribution in [3.05, 3.63) is 66.2 Å². The predicted octanol–water partition coefficient (Wildman–Crippen LogP) is 1.27. The van der Waals surface area contributed by atoms with Gasteiger partial charge in [-0.25, -0.2) is 0 Å². The first-order valence-electron chi connectivity index (χ1n) is 5.91. The maximum absolute atomic E-state index is 11.9. The fourth-order valence-corrected chi connectivity index (χ4v) is 2.28. The monoisotopic (exact) mass is 237 g/mol. The van der Waals surface area contributed by atoms with Crippen molar-refractivity contribution < 1.29 is 9.55 Å². The highest BCUT2D eigenvalue weighted by atomic mass is 16.6. The molecule has 0 saturated carbocycles. The number of benzene rings is 2. The minimum Gasteiger partial charge on any atom is -0.330 e. The number of hydrogen-bond acceptors (Lipinski definition) is 2. The molecule has 1 aliphatic heterocycles. The summed E-state index contributed by atoms with van der Waals surface area (Å²) in [5.74, 6) is -0.372. The van der Waals surface area contributed by atoms with E-state index in [4.69, 9.17) is 4.76 Å². The normalized spacial score (nSPS) is 18.8. The molecular formula is C14H12BNO2. The summed E-state index contributed by atoms with van der Waals surface area (Å²) in [6.45, 7) is -0.263. The highest BCUT2D eigenvalue weighted by molar-refractivity contribution is 6.73. The van der Waals surface area contributed by atoms with Crippen molar-refractivity contribution in [2.45, 2.75) is 5.82 Å². The van der Waals surface area contributed by atoms with Crippen LogP contribution < -0.4 is 10.9 Å². The van der Waals surface area contributed by atoms with E-state index >= 15 is 0 Å². The summed E-state index contributed by atoms with van der Waals surface area (Å²) >= 11 is 0. The lowest BCUT2D eigenvalue weighted by Crippen LogP contribution is -2.36. The maximum Gasteiger partial charge on any atom is 0.379 e. The molecule has 1 fully saturated rings. The van der Waals surface area contributed by atoms with Crippen LogP contribution in [0, 0.1) is 0 Å². The third-order valence-corrected chi connectivity index (χ3v) is 3.16. The van der Waals surface area contributed by atoms with E-state index in [9.17, 15) is 4.79 Å². The van der Waals surface area contributed by atoms with Gasteiger partial charge in [0.2, 0.25) is 5.91 Å². The van der Waals surface area contributed by atoms with Gasteiger partial charge in [0, 0.05) is 0 Å². The van der Waals surface area contributed by atoms with Crippen molar-refractivity contribution in [2.75, 3.05) is 0 Å². The van der Waals surface area contributed by atoms with Crippen molar-refractivity contribution >= 4 is 18.3 Å². The summed E-state index contributed by atoms with van der Waals surface area (Å²) in [4.78, 5) is 11.9. The Hall–Kier alpha value is -2.07. The molecule has 1 heterocycles. The molecule has 0 aromatic heterocycles. The molecule has 1 unspecified atom stereocenters. The minimum absolute atomic E-state index is 0.0879. The van der Waals surface area contributed by atoms with Crippen LogP contribution in [-0.4, -0.2) is 12.8 Å². The number of hydroxylamine groups is 1. The predicted molar refractivity (Wildman–Crippen MR) is 70.2 cm³/mol. The van der Waals surface area contributed by atoms with Crippen LogP contribution in [0.25, 0.3) is 0 Å². The molecule has 0 spiro atoms. The van der Waals surface area contributed by atoms with E-state index in [1.807, 2.05) is 60.7 Å². The van der Waals surface area contributed by atoms with Gasteiger partial charge in [0.1, 0.15) is 0 Å². The third kappa shape index (κ3) is 1.91. The lowest BCUT2D eigenvalue weighted by Gasteiger charge is -2.11. The van der Waals surface area contributed by atoms with Crippen molar-refractivity contribution in [3.8, 4) is 0 Å². The minimum atomic E-state index is -0.284. The number of hydrogen-bond donors (Lipinski definition) is 1. The summed E-state index contributed by atoms with van der Waals surface area (Å²) in [5.41, 5.74) is 4.46. The molecule has 2 aromatic carbocycles. The van der Waals surface area contributed by atoms with Crippen LogP contribution in [-0.2, 0) is 9.55 Å². The Morgan fingerprint density at radius 2 is 1.56 bits per heavy atom. The molecular weight excluding hydrogens is 225 g/mol. The first-order valence-corrected chi connectivity index (χ1v) is 5.91. The van der Waals surface area contributed by atoms with Gasteiger partial charge in [-0.2, -0.15) is 0 Å². The van der Waals surface area contributed by atoms with Crippen LogP contribution in [0.4, 0.5) is 0 Å². The average Bonchev–Trinajstić information content (AvgIpc) is 2.83. The molecule has 3 nitrogen and oxygen atoms in total. The number of carbonyl (C=O) groups is 1. The van der Waals surface area contributed by atoms with E-state index < -0.39 is 0 Å². The second-order valence-corrected chi connectivity index (χ2v) is 4.30. The van der Waals surface area contributed by atoms with Gasteiger partial charge >= 0.3 is 6.92 Å². The summed E-state index contributed by atoms with van der Waals surface area (Å²) < 4.78 is 5.42. The van der Waals surface area contributed by atoms with Crippen LogP contribution in [0.1, 0.15) is 11.4 Å². The Bertz CT molecular complexity index is 544. The molecule has 18 heavy (non-hydrogen) atoms. The average molecular weight is 237 g/mol. The second-order valence-electron chi connectivity index (χ2n) is 4.30. The summed E-state index contributed by atoms with van der Waals surface area (Å²) in [6.07, 6.45) is 0. The third-order valence-electron chi connectivity index (χ3n) is 3.16. The van der Waals surface area contributed by atoms with Gasteiger partial charge in [-0.05, 0) is 11.0 Å². The van der Waals surface area contributed by atoms with Crippen LogP contribution in [0.5, 0.6) is 0 Å². The molecule has 1 saturated heterocycles. The Kier molecular flexibility index (Phi) is 2.86. The number of amides is 1. The fraction of sp³-hybridized carbons (Fsp3) is 0.0714. The highest BCUT2D eigenvalue weighted by Gasteiger charge is 2.42. The standard InChI is InChI=1S/C14H12BNO2/c17-14-13(11-7-3-1-4-8-11)15(18-16-14)12-9-5-2-6-10-12/h1-10,13H,(H,16,17). The molecule has 2 aromatic rings. The number of carbonyl (C=O) groups excluding carboxylic acids is 1.